The monoisotopic (exact) mass is 556 g/mol. The molecule has 0 amide bonds. The predicted octanol–water partition coefficient (Wildman–Crippen LogP) is 5.59. The lowest BCUT2D eigenvalue weighted by molar-refractivity contribution is 0.126. The molecule has 1 aliphatic rings. The van der Waals surface area contributed by atoms with Crippen LogP contribution < -0.4 is 5.32 Å². The maximum Gasteiger partial charge on any atom is 0.223 e. The fraction of sp³-hybridized carbons (Fsp3) is 0.320. The molecular weight excluding hydrogens is 531 g/mol. The lowest BCUT2D eigenvalue weighted by Gasteiger charge is -2.26. The summed E-state index contributed by atoms with van der Waals surface area (Å²) in [7, 11) is 0. The van der Waals surface area contributed by atoms with Crippen molar-refractivity contribution in [3.05, 3.63) is 80.1 Å². The van der Waals surface area contributed by atoms with Gasteiger partial charge in [-0.3, -0.25) is 0 Å². The van der Waals surface area contributed by atoms with Crippen LogP contribution in [-0.4, -0.2) is 32.2 Å². The van der Waals surface area contributed by atoms with Crippen molar-refractivity contribution in [3.8, 4) is 0 Å². The van der Waals surface area contributed by atoms with Crippen LogP contribution >= 0.6 is 33.9 Å². The number of benzene rings is 2. The summed E-state index contributed by atoms with van der Waals surface area (Å²) in [5, 5.41) is 14.4. The first-order valence-corrected chi connectivity index (χ1v) is 12.9. The summed E-state index contributed by atoms with van der Waals surface area (Å²) < 4.78 is 2.44. The zero-order valence-corrected chi connectivity index (χ0v) is 20.6. The largest absolute Gasteiger partial charge is 0.393 e. The molecule has 0 aliphatic heterocycles. The Labute approximate surface area is 205 Å². The first-order chi connectivity index (χ1) is 15.6. The van der Waals surface area contributed by atoms with Crippen LogP contribution in [0.3, 0.4) is 0 Å². The second kappa shape index (κ2) is 9.80. The van der Waals surface area contributed by atoms with Crippen molar-refractivity contribution in [3.63, 3.8) is 0 Å². The number of aliphatic hydroxyl groups excluding tert-OH is 1. The van der Waals surface area contributed by atoms with E-state index in [0.717, 1.165) is 54.0 Å². The van der Waals surface area contributed by atoms with Crippen molar-refractivity contribution in [2.75, 3.05) is 5.32 Å². The molecule has 0 bridgehead atoms. The predicted molar refractivity (Wildman–Crippen MR) is 138 cm³/mol. The fourth-order valence-electron chi connectivity index (χ4n) is 4.18. The number of fused-ring (bicyclic) bond motifs is 1. The number of rotatable bonds is 6. The molecule has 0 spiro atoms. The van der Waals surface area contributed by atoms with Gasteiger partial charge in [0.1, 0.15) is 0 Å². The summed E-state index contributed by atoms with van der Waals surface area (Å²) in [6.07, 6.45) is 4.84. The van der Waals surface area contributed by atoms with Crippen LogP contribution in [0.1, 0.15) is 47.6 Å². The van der Waals surface area contributed by atoms with Gasteiger partial charge in [-0.1, -0.05) is 30.3 Å². The zero-order chi connectivity index (χ0) is 21.9. The molecule has 32 heavy (non-hydrogen) atoms. The normalized spacial score (nSPS) is 18.7. The molecular formula is C25H25IN4OS. The fourth-order valence-corrected chi connectivity index (χ4v) is 5.91. The van der Waals surface area contributed by atoms with Crippen molar-refractivity contribution < 1.29 is 5.11 Å². The van der Waals surface area contributed by atoms with Gasteiger partial charge in [-0.05, 0) is 78.1 Å². The van der Waals surface area contributed by atoms with Gasteiger partial charge in [0.25, 0.3) is 0 Å². The van der Waals surface area contributed by atoms with E-state index in [1.807, 2.05) is 6.07 Å². The van der Waals surface area contributed by atoms with Crippen LogP contribution in [-0.2, 0) is 12.8 Å². The SMILES string of the molecule is OC1CCC(Nc2nc(Cc3ccccc3)cc(Cc3nc4ccc(I)cc4s3)n2)CC1. The van der Waals surface area contributed by atoms with Gasteiger partial charge < -0.3 is 10.4 Å². The van der Waals surface area contributed by atoms with Crippen LogP contribution in [0.5, 0.6) is 0 Å². The summed E-state index contributed by atoms with van der Waals surface area (Å²) in [6, 6.07) is 19.2. The highest BCUT2D eigenvalue weighted by atomic mass is 127. The van der Waals surface area contributed by atoms with Crippen molar-refractivity contribution >= 4 is 50.1 Å². The molecule has 4 aromatic rings. The van der Waals surface area contributed by atoms with Gasteiger partial charge in [0, 0.05) is 22.5 Å². The Kier molecular flexibility index (Phi) is 6.66. The summed E-state index contributed by atoms with van der Waals surface area (Å²) in [4.78, 5) is 14.5. The quantitative estimate of drug-likeness (QED) is 0.303. The van der Waals surface area contributed by atoms with E-state index in [2.05, 4.69) is 76.4 Å². The lowest BCUT2D eigenvalue weighted by Crippen LogP contribution is -2.29. The number of thiazole rings is 1. The van der Waals surface area contributed by atoms with E-state index in [4.69, 9.17) is 15.0 Å². The first-order valence-electron chi connectivity index (χ1n) is 11.0. The van der Waals surface area contributed by atoms with Crippen molar-refractivity contribution in [1.29, 1.82) is 0 Å². The molecule has 1 saturated carbocycles. The molecule has 1 fully saturated rings. The molecule has 2 aromatic heterocycles. The number of nitrogens with zero attached hydrogens (tertiary/aromatic N) is 3. The Morgan fingerprint density at radius 2 is 1.66 bits per heavy atom. The standard InChI is InChI=1S/C25H25IN4OS/c26-17-6-11-22-23(13-17)32-24(30-22)15-20-14-19(12-16-4-2-1-3-5-16)28-25(29-20)27-18-7-9-21(31)10-8-18/h1-6,11,13-14,18,21,31H,7-10,12,15H2,(H,27,28,29). The highest BCUT2D eigenvalue weighted by Gasteiger charge is 2.20. The third-order valence-electron chi connectivity index (χ3n) is 5.82. The molecule has 0 saturated heterocycles. The second-order valence-corrected chi connectivity index (χ2v) is 10.7. The minimum Gasteiger partial charge on any atom is -0.393 e. The highest BCUT2D eigenvalue weighted by Crippen LogP contribution is 2.26. The smallest absolute Gasteiger partial charge is 0.223 e. The molecule has 164 valence electrons. The van der Waals surface area contributed by atoms with Crippen LogP contribution in [0.4, 0.5) is 5.95 Å². The number of nitrogens with one attached hydrogen (secondary N) is 1. The minimum atomic E-state index is -0.170. The van der Waals surface area contributed by atoms with Crippen molar-refractivity contribution in [1.82, 2.24) is 15.0 Å². The highest BCUT2D eigenvalue weighted by molar-refractivity contribution is 14.1. The topological polar surface area (TPSA) is 70.9 Å². The lowest BCUT2D eigenvalue weighted by atomic mass is 9.93. The van der Waals surface area contributed by atoms with E-state index in [1.54, 1.807) is 11.3 Å². The number of aromatic nitrogens is 3. The van der Waals surface area contributed by atoms with Crippen molar-refractivity contribution in [2.45, 2.75) is 50.7 Å². The molecule has 2 aromatic carbocycles. The Bertz CT molecular complexity index is 1210. The van der Waals surface area contributed by atoms with Crippen LogP contribution in [0.15, 0.2) is 54.6 Å². The van der Waals surface area contributed by atoms with Crippen LogP contribution in [0.2, 0.25) is 0 Å². The number of hydrogen-bond donors (Lipinski definition) is 2. The van der Waals surface area contributed by atoms with E-state index in [1.165, 1.54) is 13.8 Å². The third kappa shape index (κ3) is 5.44. The maximum atomic E-state index is 9.82. The van der Waals surface area contributed by atoms with Crippen molar-refractivity contribution in [2.24, 2.45) is 0 Å². The zero-order valence-electron chi connectivity index (χ0n) is 17.7. The van der Waals surface area contributed by atoms with Gasteiger partial charge in [-0.25, -0.2) is 15.0 Å². The molecule has 5 nitrogen and oxygen atoms in total. The molecule has 0 atom stereocenters. The first kappa shape index (κ1) is 21.7. The molecule has 2 heterocycles. The van der Waals surface area contributed by atoms with Crippen LogP contribution in [0, 0.1) is 3.57 Å². The van der Waals surface area contributed by atoms with E-state index < -0.39 is 0 Å². The van der Waals surface area contributed by atoms with Gasteiger partial charge in [-0.2, -0.15) is 0 Å². The minimum absolute atomic E-state index is 0.170. The van der Waals surface area contributed by atoms with Gasteiger partial charge >= 0.3 is 0 Å². The molecule has 5 rings (SSSR count). The molecule has 1 aliphatic carbocycles. The third-order valence-corrected chi connectivity index (χ3v) is 7.51. The average Bonchev–Trinajstić information content (AvgIpc) is 3.17. The summed E-state index contributed by atoms with van der Waals surface area (Å²) in [5.41, 5.74) is 4.27. The number of hydrogen-bond acceptors (Lipinski definition) is 6. The van der Waals surface area contributed by atoms with Gasteiger partial charge in [0.2, 0.25) is 5.95 Å². The van der Waals surface area contributed by atoms with E-state index in [9.17, 15) is 5.11 Å². The Balaban J connectivity index is 1.42. The number of aliphatic hydroxyl groups is 1. The number of halogens is 1. The molecule has 0 radical (unpaired) electrons. The molecule has 2 N–H and O–H groups in total. The second-order valence-electron chi connectivity index (χ2n) is 8.38. The summed E-state index contributed by atoms with van der Waals surface area (Å²) >= 11 is 4.07. The summed E-state index contributed by atoms with van der Waals surface area (Å²) in [5.74, 6) is 0.686. The number of anilines is 1. The van der Waals surface area contributed by atoms with Gasteiger partial charge in [0.05, 0.1) is 32.7 Å². The van der Waals surface area contributed by atoms with E-state index in [0.29, 0.717) is 18.4 Å². The Hall–Kier alpha value is -2.10. The molecule has 7 heteroatoms. The van der Waals surface area contributed by atoms with Gasteiger partial charge in [-0.15, -0.1) is 11.3 Å². The van der Waals surface area contributed by atoms with E-state index >= 15 is 0 Å². The van der Waals surface area contributed by atoms with Gasteiger partial charge in [0.15, 0.2) is 0 Å². The summed E-state index contributed by atoms with van der Waals surface area (Å²) in [6.45, 7) is 0. The Morgan fingerprint density at radius 3 is 2.44 bits per heavy atom. The molecule has 0 unspecified atom stereocenters. The van der Waals surface area contributed by atoms with Crippen LogP contribution in [0.25, 0.3) is 10.2 Å². The maximum absolute atomic E-state index is 9.82. The van der Waals surface area contributed by atoms with E-state index in [-0.39, 0.29) is 6.10 Å². The Morgan fingerprint density at radius 1 is 0.906 bits per heavy atom. The average molecular weight is 556 g/mol.